The Morgan fingerprint density at radius 3 is 2.82 bits per heavy atom. The minimum atomic E-state index is 0.0515. The first-order chi connectivity index (χ1) is 8.16. The molecular formula is C13H25N3O. The maximum absolute atomic E-state index is 12.1. The van der Waals surface area contributed by atoms with Crippen molar-refractivity contribution in [2.45, 2.75) is 44.7 Å². The Labute approximate surface area is 104 Å². The predicted molar refractivity (Wildman–Crippen MR) is 68.9 cm³/mol. The summed E-state index contributed by atoms with van der Waals surface area (Å²) in [6, 6.07) is 0.415. The zero-order valence-corrected chi connectivity index (χ0v) is 11.0. The molecule has 0 saturated carbocycles. The summed E-state index contributed by atoms with van der Waals surface area (Å²) in [6.45, 7) is 5.40. The monoisotopic (exact) mass is 239 g/mol. The van der Waals surface area contributed by atoms with Crippen molar-refractivity contribution in [3.63, 3.8) is 0 Å². The second-order valence-corrected chi connectivity index (χ2v) is 5.65. The van der Waals surface area contributed by atoms with Crippen LogP contribution in [0.1, 0.15) is 32.6 Å². The van der Waals surface area contributed by atoms with Crippen LogP contribution in [-0.4, -0.2) is 49.6 Å². The van der Waals surface area contributed by atoms with E-state index in [1.54, 1.807) is 0 Å². The molecule has 2 aliphatic rings. The van der Waals surface area contributed by atoms with Crippen LogP contribution < -0.4 is 10.6 Å². The van der Waals surface area contributed by atoms with Crippen LogP contribution in [0.4, 0.5) is 0 Å². The van der Waals surface area contributed by atoms with Gasteiger partial charge in [-0.25, -0.2) is 0 Å². The summed E-state index contributed by atoms with van der Waals surface area (Å²) >= 11 is 0. The van der Waals surface area contributed by atoms with Crippen LogP contribution >= 0.6 is 0 Å². The molecule has 4 nitrogen and oxygen atoms in total. The highest BCUT2D eigenvalue weighted by Gasteiger charge is 2.28. The van der Waals surface area contributed by atoms with E-state index in [0.29, 0.717) is 12.0 Å². The van der Waals surface area contributed by atoms with Crippen LogP contribution in [0.3, 0.4) is 0 Å². The van der Waals surface area contributed by atoms with Gasteiger partial charge < -0.3 is 15.5 Å². The van der Waals surface area contributed by atoms with E-state index in [-0.39, 0.29) is 11.9 Å². The summed E-state index contributed by atoms with van der Waals surface area (Å²) in [7, 11) is 2.15. The molecule has 0 aromatic heterocycles. The molecule has 3 atom stereocenters. The Morgan fingerprint density at radius 2 is 2.18 bits per heavy atom. The number of carbonyl (C=O) groups excluding carboxylic acids is 1. The lowest BCUT2D eigenvalue weighted by Gasteiger charge is -2.36. The van der Waals surface area contributed by atoms with Crippen molar-refractivity contribution in [1.82, 2.24) is 15.5 Å². The minimum absolute atomic E-state index is 0.0515. The molecular weight excluding hydrogens is 214 g/mol. The van der Waals surface area contributed by atoms with E-state index in [0.717, 1.165) is 32.5 Å². The first-order valence-corrected chi connectivity index (χ1v) is 6.89. The number of nitrogens with one attached hydrogen (secondary N) is 2. The zero-order valence-electron chi connectivity index (χ0n) is 11.0. The standard InChI is InChI=1S/C13H25N3O/c1-10-9-16(2)8-6-11(10)15-13(17)12-5-3-4-7-14-12/h10-12,14H,3-9H2,1-2H3,(H,15,17)/t10?,11?,12-/m1/s1. The molecule has 0 bridgehead atoms. The van der Waals surface area contributed by atoms with E-state index in [4.69, 9.17) is 0 Å². The fraction of sp³-hybridized carbons (Fsp3) is 0.923. The SMILES string of the molecule is CC1CN(C)CCC1NC(=O)[C@H]1CCCCN1. The first kappa shape index (κ1) is 12.8. The van der Waals surface area contributed by atoms with Crippen molar-refractivity contribution in [3.05, 3.63) is 0 Å². The highest BCUT2D eigenvalue weighted by Crippen LogP contribution is 2.16. The van der Waals surface area contributed by atoms with Crippen LogP contribution in [0.2, 0.25) is 0 Å². The molecule has 0 aromatic rings. The Hall–Kier alpha value is -0.610. The van der Waals surface area contributed by atoms with Gasteiger partial charge in [0, 0.05) is 12.6 Å². The van der Waals surface area contributed by atoms with E-state index >= 15 is 0 Å². The van der Waals surface area contributed by atoms with Crippen LogP contribution in [0.25, 0.3) is 0 Å². The van der Waals surface area contributed by atoms with Gasteiger partial charge in [-0.1, -0.05) is 13.3 Å². The molecule has 1 amide bonds. The molecule has 4 heteroatoms. The molecule has 2 fully saturated rings. The number of amides is 1. The van der Waals surface area contributed by atoms with Gasteiger partial charge in [0.05, 0.1) is 6.04 Å². The number of hydrogen-bond acceptors (Lipinski definition) is 3. The van der Waals surface area contributed by atoms with Crippen molar-refractivity contribution >= 4 is 5.91 Å². The average molecular weight is 239 g/mol. The molecule has 0 aromatic carbocycles. The van der Waals surface area contributed by atoms with Crippen LogP contribution in [0.5, 0.6) is 0 Å². The molecule has 0 radical (unpaired) electrons. The van der Waals surface area contributed by atoms with Gasteiger partial charge >= 0.3 is 0 Å². The van der Waals surface area contributed by atoms with Gasteiger partial charge in [0.1, 0.15) is 0 Å². The van der Waals surface area contributed by atoms with E-state index in [9.17, 15) is 4.79 Å². The Bertz CT molecular complexity index is 263. The fourth-order valence-electron chi connectivity index (χ4n) is 2.93. The number of likely N-dealkylation sites (tertiary alicyclic amines) is 1. The molecule has 2 rings (SSSR count). The van der Waals surface area contributed by atoms with Crippen molar-refractivity contribution in [3.8, 4) is 0 Å². The second-order valence-electron chi connectivity index (χ2n) is 5.65. The molecule has 0 spiro atoms. The summed E-state index contributed by atoms with van der Waals surface area (Å²) in [5.74, 6) is 0.771. The van der Waals surface area contributed by atoms with Crippen LogP contribution in [-0.2, 0) is 4.79 Å². The highest BCUT2D eigenvalue weighted by molar-refractivity contribution is 5.82. The number of piperidine rings is 2. The lowest BCUT2D eigenvalue weighted by atomic mass is 9.93. The minimum Gasteiger partial charge on any atom is -0.352 e. The molecule has 2 saturated heterocycles. The number of nitrogens with zero attached hydrogens (tertiary/aromatic N) is 1. The lowest BCUT2D eigenvalue weighted by Crippen LogP contribution is -2.54. The maximum Gasteiger partial charge on any atom is 0.237 e. The number of carbonyl (C=O) groups is 1. The molecule has 2 unspecified atom stereocenters. The van der Waals surface area contributed by atoms with E-state index < -0.39 is 0 Å². The first-order valence-electron chi connectivity index (χ1n) is 6.89. The van der Waals surface area contributed by atoms with E-state index in [1.807, 2.05) is 0 Å². The fourth-order valence-corrected chi connectivity index (χ4v) is 2.93. The number of rotatable bonds is 2. The third kappa shape index (κ3) is 3.42. The highest BCUT2D eigenvalue weighted by atomic mass is 16.2. The Morgan fingerprint density at radius 1 is 1.35 bits per heavy atom. The summed E-state index contributed by atoms with van der Waals surface area (Å²) < 4.78 is 0. The molecule has 17 heavy (non-hydrogen) atoms. The summed E-state index contributed by atoms with van der Waals surface area (Å²) in [4.78, 5) is 14.4. The summed E-state index contributed by atoms with van der Waals surface area (Å²) in [5, 5.41) is 6.54. The van der Waals surface area contributed by atoms with Crippen molar-refractivity contribution in [2.24, 2.45) is 5.92 Å². The quantitative estimate of drug-likeness (QED) is 0.741. The zero-order chi connectivity index (χ0) is 12.3. The van der Waals surface area contributed by atoms with E-state index in [1.165, 1.54) is 12.8 Å². The van der Waals surface area contributed by atoms with Crippen molar-refractivity contribution in [2.75, 3.05) is 26.7 Å². The second kappa shape index (κ2) is 5.83. The smallest absolute Gasteiger partial charge is 0.237 e. The predicted octanol–water partition coefficient (Wildman–Crippen LogP) is 0.585. The summed E-state index contributed by atoms with van der Waals surface area (Å²) in [5.41, 5.74) is 0. The van der Waals surface area contributed by atoms with Gasteiger partial charge in [-0.15, -0.1) is 0 Å². The number of hydrogen-bond donors (Lipinski definition) is 2. The van der Waals surface area contributed by atoms with Crippen molar-refractivity contribution in [1.29, 1.82) is 0 Å². The van der Waals surface area contributed by atoms with Gasteiger partial charge in [0.2, 0.25) is 5.91 Å². The largest absolute Gasteiger partial charge is 0.352 e. The van der Waals surface area contributed by atoms with Crippen LogP contribution in [0.15, 0.2) is 0 Å². The van der Waals surface area contributed by atoms with Gasteiger partial charge in [-0.05, 0) is 45.3 Å². The van der Waals surface area contributed by atoms with Gasteiger partial charge in [0.15, 0.2) is 0 Å². The molecule has 2 aliphatic heterocycles. The normalized spacial score (nSPS) is 35.5. The third-order valence-corrected chi connectivity index (χ3v) is 4.06. The van der Waals surface area contributed by atoms with E-state index in [2.05, 4.69) is 29.5 Å². The van der Waals surface area contributed by atoms with Crippen molar-refractivity contribution < 1.29 is 4.79 Å². The third-order valence-electron chi connectivity index (χ3n) is 4.06. The molecule has 2 heterocycles. The van der Waals surface area contributed by atoms with Crippen LogP contribution in [0, 0.1) is 5.92 Å². The van der Waals surface area contributed by atoms with Gasteiger partial charge in [-0.2, -0.15) is 0 Å². The molecule has 2 N–H and O–H groups in total. The Balaban J connectivity index is 1.81. The van der Waals surface area contributed by atoms with Gasteiger partial charge in [0.25, 0.3) is 0 Å². The van der Waals surface area contributed by atoms with Gasteiger partial charge in [-0.3, -0.25) is 4.79 Å². The molecule has 98 valence electrons. The average Bonchev–Trinajstić information content (AvgIpc) is 2.34. The Kier molecular flexibility index (Phi) is 4.40. The molecule has 0 aliphatic carbocycles. The lowest BCUT2D eigenvalue weighted by molar-refractivity contribution is -0.125. The topological polar surface area (TPSA) is 44.4 Å². The summed E-state index contributed by atoms with van der Waals surface area (Å²) in [6.07, 6.45) is 4.45. The maximum atomic E-state index is 12.1.